The molecular weight excluding hydrogens is 357 g/mol. The first-order valence-electron chi connectivity index (χ1n) is 7.74. The lowest BCUT2D eigenvalue weighted by atomic mass is 10.1. The molecule has 0 atom stereocenters. The van der Waals surface area contributed by atoms with Gasteiger partial charge in [-0.15, -0.1) is 24.8 Å². The molecule has 1 aromatic rings. The molecule has 2 N–H and O–H groups in total. The molecule has 1 aliphatic rings. The van der Waals surface area contributed by atoms with Crippen LogP contribution in [0.2, 0.25) is 0 Å². The van der Waals surface area contributed by atoms with Crippen molar-refractivity contribution < 1.29 is 4.79 Å². The van der Waals surface area contributed by atoms with Gasteiger partial charge in [-0.05, 0) is 26.3 Å². The molecule has 0 unspecified atom stereocenters. The Balaban J connectivity index is 0.00000242. The zero-order valence-electron chi connectivity index (χ0n) is 13.6. The van der Waals surface area contributed by atoms with Gasteiger partial charge in [0, 0.05) is 44.1 Å². The first kappa shape index (κ1) is 22.4. The van der Waals surface area contributed by atoms with Gasteiger partial charge in [0.05, 0.1) is 0 Å². The van der Waals surface area contributed by atoms with Crippen molar-refractivity contribution in [2.45, 2.75) is 39.0 Å². The monoisotopic (exact) mass is 383 g/mol. The van der Waals surface area contributed by atoms with Gasteiger partial charge in [-0.1, -0.05) is 12.8 Å². The Morgan fingerprint density at radius 1 is 1.13 bits per heavy atom. The molecule has 1 aliphatic heterocycles. The molecule has 0 spiro atoms. The van der Waals surface area contributed by atoms with Gasteiger partial charge < -0.3 is 15.5 Å². The molecule has 0 radical (unpaired) electrons. The summed E-state index contributed by atoms with van der Waals surface area (Å²) in [5.74, 6) is 1.11. The maximum absolute atomic E-state index is 12.1. The van der Waals surface area contributed by atoms with Gasteiger partial charge in [0.15, 0.2) is 0 Å². The Hall–Kier alpha value is -0.630. The minimum absolute atomic E-state index is 0. The van der Waals surface area contributed by atoms with Crippen LogP contribution < -0.4 is 10.6 Å². The average molecular weight is 384 g/mol. The van der Waals surface area contributed by atoms with E-state index in [2.05, 4.69) is 14.3 Å². The highest BCUT2D eigenvalue weighted by atomic mass is 35.5. The fourth-order valence-corrected chi connectivity index (χ4v) is 3.22. The molecule has 1 amide bonds. The number of halogens is 2. The molecule has 2 rings (SSSR count). The van der Waals surface area contributed by atoms with Crippen LogP contribution in [-0.2, 0) is 4.79 Å². The molecule has 1 fully saturated rings. The molecule has 1 aromatic heterocycles. The van der Waals surface area contributed by atoms with Gasteiger partial charge >= 0.3 is 0 Å². The van der Waals surface area contributed by atoms with Crippen molar-refractivity contribution >= 4 is 47.4 Å². The third-order valence-electron chi connectivity index (χ3n) is 3.76. The molecule has 9 heteroatoms. The number of aryl methyl sites for hydroxylation is 1. The van der Waals surface area contributed by atoms with Crippen molar-refractivity contribution in [1.82, 2.24) is 14.3 Å². The molecule has 2 heterocycles. The number of anilines is 1. The zero-order chi connectivity index (χ0) is 15.1. The van der Waals surface area contributed by atoms with Crippen LogP contribution in [0.5, 0.6) is 0 Å². The molecule has 0 saturated carbocycles. The van der Waals surface area contributed by atoms with E-state index in [1.54, 1.807) is 0 Å². The number of carbonyl (C=O) groups excluding carboxylic acids is 1. The van der Waals surface area contributed by atoms with Gasteiger partial charge in [0.1, 0.15) is 5.82 Å². The van der Waals surface area contributed by atoms with E-state index in [1.807, 2.05) is 11.8 Å². The second-order valence-corrected chi connectivity index (χ2v) is 6.18. The summed E-state index contributed by atoms with van der Waals surface area (Å²) in [6.45, 7) is 5.95. The van der Waals surface area contributed by atoms with E-state index in [0.717, 1.165) is 69.4 Å². The van der Waals surface area contributed by atoms with E-state index < -0.39 is 0 Å². The molecule has 134 valence electrons. The number of piperazine rings is 1. The van der Waals surface area contributed by atoms with E-state index in [4.69, 9.17) is 5.73 Å². The van der Waals surface area contributed by atoms with Crippen molar-refractivity contribution in [3.63, 3.8) is 0 Å². The quantitative estimate of drug-likeness (QED) is 0.730. The number of amides is 1. The van der Waals surface area contributed by atoms with Gasteiger partial charge in [-0.2, -0.15) is 4.37 Å². The van der Waals surface area contributed by atoms with Gasteiger partial charge in [-0.25, -0.2) is 4.98 Å². The first-order valence-corrected chi connectivity index (χ1v) is 8.51. The maximum atomic E-state index is 12.1. The highest BCUT2D eigenvalue weighted by Crippen LogP contribution is 2.19. The van der Waals surface area contributed by atoms with Crippen LogP contribution in [0, 0.1) is 6.92 Å². The normalized spacial score (nSPS) is 14.2. The van der Waals surface area contributed by atoms with Crippen LogP contribution in [0.15, 0.2) is 0 Å². The summed E-state index contributed by atoms with van der Waals surface area (Å²) >= 11 is 1.44. The summed E-state index contributed by atoms with van der Waals surface area (Å²) in [5.41, 5.74) is 5.46. The number of carbonyl (C=O) groups is 1. The second-order valence-electron chi connectivity index (χ2n) is 5.44. The summed E-state index contributed by atoms with van der Waals surface area (Å²) in [5, 5.41) is 0.974. The third kappa shape index (κ3) is 7.20. The van der Waals surface area contributed by atoms with Crippen LogP contribution in [0.1, 0.15) is 37.9 Å². The molecule has 0 aromatic carbocycles. The summed E-state index contributed by atoms with van der Waals surface area (Å²) in [7, 11) is 0. The SMILES string of the molecule is Cc1nsc(N2CCN(C(=O)CCCCCCN)CC2)n1.Cl.Cl. The van der Waals surface area contributed by atoms with Crippen LogP contribution in [-0.4, -0.2) is 52.9 Å². The summed E-state index contributed by atoms with van der Waals surface area (Å²) in [4.78, 5) is 20.7. The topological polar surface area (TPSA) is 75.4 Å². The lowest BCUT2D eigenvalue weighted by Gasteiger charge is -2.34. The fourth-order valence-electron chi connectivity index (χ4n) is 2.49. The van der Waals surface area contributed by atoms with E-state index in [0.29, 0.717) is 6.42 Å². The Kier molecular flexibility index (Phi) is 11.5. The summed E-state index contributed by atoms with van der Waals surface area (Å²) < 4.78 is 4.21. The fraction of sp³-hybridized carbons (Fsp3) is 0.786. The zero-order valence-corrected chi connectivity index (χ0v) is 16.0. The molecule has 23 heavy (non-hydrogen) atoms. The molecular formula is C14H27Cl2N5OS. The maximum Gasteiger partial charge on any atom is 0.222 e. The van der Waals surface area contributed by atoms with E-state index in [-0.39, 0.29) is 30.7 Å². The van der Waals surface area contributed by atoms with Crippen molar-refractivity contribution in [2.75, 3.05) is 37.6 Å². The standard InChI is InChI=1S/C14H25N5OS.2ClH/c1-12-16-14(21-17-12)19-10-8-18(9-11-19)13(20)6-4-2-3-5-7-15;;/h2-11,15H2,1H3;2*1H. The predicted molar refractivity (Wildman–Crippen MR) is 100 cm³/mol. The lowest BCUT2D eigenvalue weighted by Crippen LogP contribution is -2.48. The number of aromatic nitrogens is 2. The lowest BCUT2D eigenvalue weighted by molar-refractivity contribution is -0.131. The smallest absolute Gasteiger partial charge is 0.222 e. The number of unbranched alkanes of at least 4 members (excludes halogenated alkanes) is 3. The number of nitrogens with zero attached hydrogens (tertiary/aromatic N) is 4. The molecule has 0 aliphatic carbocycles. The van der Waals surface area contributed by atoms with E-state index in [9.17, 15) is 4.79 Å². The van der Waals surface area contributed by atoms with Crippen LogP contribution in [0.25, 0.3) is 0 Å². The molecule has 1 saturated heterocycles. The van der Waals surface area contributed by atoms with E-state index >= 15 is 0 Å². The summed E-state index contributed by atoms with van der Waals surface area (Å²) in [6, 6.07) is 0. The van der Waals surface area contributed by atoms with E-state index in [1.165, 1.54) is 11.5 Å². The highest BCUT2D eigenvalue weighted by molar-refractivity contribution is 7.09. The number of hydrogen-bond donors (Lipinski definition) is 1. The Morgan fingerprint density at radius 3 is 2.35 bits per heavy atom. The summed E-state index contributed by atoms with van der Waals surface area (Å²) in [6.07, 6.45) is 4.95. The molecule has 0 bridgehead atoms. The van der Waals surface area contributed by atoms with Gasteiger partial charge in [-0.3, -0.25) is 4.79 Å². The number of hydrogen-bond acceptors (Lipinski definition) is 6. The molecule has 6 nitrogen and oxygen atoms in total. The van der Waals surface area contributed by atoms with Crippen LogP contribution in [0.3, 0.4) is 0 Å². The number of rotatable bonds is 7. The largest absolute Gasteiger partial charge is 0.343 e. The van der Waals surface area contributed by atoms with Gasteiger partial charge in [0.2, 0.25) is 11.0 Å². The Morgan fingerprint density at radius 2 is 1.78 bits per heavy atom. The van der Waals surface area contributed by atoms with Crippen LogP contribution >= 0.6 is 36.3 Å². The third-order valence-corrected chi connectivity index (χ3v) is 4.63. The number of nitrogens with two attached hydrogens (primary N) is 1. The van der Waals surface area contributed by atoms with Gasteiger partial charge in [0.25, 0.3) is 0 Å². The first-order chi connectivity index (χ1) is 10.2. The average Bonchev–Trinajstić information content (AvgIpc) is 2.93. The van der Waals surface area contributed by atoms with Crippen LogP contribution in [0.4, 0.5) is 5.13 Å². The Bertz CT molecular complexity index is 452. The highest BCUT2D eigenvalue weighted by Gasteiger charge is 2.22. The minimum Gasteiger partial charge on any atom is -0.343 e. The van der Waals surface area contributed by atoms with Crippen molar-refractivity contribution in [1.29, 1.82) is 0 Å². The van der Waals surface area contributed by atoms with Crippen molar-refractivity contribution in [2.24, 2.45) is 5.73 Å². The predicted octanol–water partition coefficient (Wildman–Crippen LogP) is 2.25. The minimum atomic E-state index is 0. The van der Waals surface area contributed by atoms with Crippen molar-refractivity contribution in [3.05, 3.63) is 5.82 Å². The Labute approximate surface area is 154 Å². The van der Waals surface area contributed by atoms with Crippen molar-refractivity contribution in [3.8, 4) is 0 Å². The second kappa shape index (κ2) is 11.8.